The molecule has 7 aromatic rings. The van der Waals surface area contributed by atoms with E-state index in [1.807, 2.05) is 34.9 Å². The first-order valence-corrected chi connectivity index (χ1v) is 13.0. The minimum atomic E-state index is 1.06. The van der Waals surface area contributed by atoms with Crippen molar-refractivity contribution in [1.82, 2.24) is 4.98 Å². The second kappa shape index (κ2) is 7.91. The molecule has 0 unspecified atom stereocenters. The molecule has 3 heterocycles. The third-order valence-electron chi connectivity index (χ3n) is 6.41. The normalized spacial score (nSPS) is 11.5. The number of thiophene rings is 2. The summed E-state index contributed by atoms with van der Waals surface area (Å²) in [6.45, 7) is 0. The number of benzene rings is 4. The molecule has 1 nitrogen and oxygen atoms in total. The van der Waals surface area contributed by atoms with E-state index in [0.717, 1.165) is 5.52 Å². The molecule has 4 aromatic carbocycles. The van der Waals surface area contributed by atoms with Gasteiger partial charge in [0.1, 0.15) is 0 Å². The minimum Gasteiger partial charge on any atom is -0.256 e. The van der Waals surface area contributed by atoms with Gasteiger partial charge in [-0.3, -0.25) is 4.98 Å². The van der Waals surface area contributed by atoms with Crippen LogP contribution >= 0.6 is 22.7 Å². The summed E-state index contributed by atoms with van der Waals surface area (Å²) in [4.78, 5) is 6.00. The number of aromatic nitrogens is 1. The zero-order chi connectivity index (χ0) is 22.5. The van der Waals surface area contributed by atoms with Gasteiger partial charge in [0.25, 0.3) is 0 Å². The van der Waals surface area contributed by atoms with E-state index in [2.05, 4.69) is 102 Å². The molecule has 0 aliphatic rings. The van der Waals surface area contributed by atoms with Gasteiger partial charge in [-0.25, -0.2) is 0 Å². The molecule has 7 rings (SSSR count). The molecule has 3 heteroatoms. The topological polar surface area (TPSA) is 12.9 Å². The fraction of sp³-hybridized carbons (Fsp3) is 0. The molecule has 0 spiro atoms. The Morgan fingerprint density at radius 1 is 0.588 bits per heavy atom. The van der Waals surface area contributed by atoms with E-state index >= 15 is 0 Å². The van der Waals surface area contributed by atoms with Crippen molar-refractivity contribution in [3.63, 3.8) is 0 Å². The molecule has 0 atom stereocenters. The largest absolute Gasteiger partial charge is 0.256 e. The van der Waals surface area contributed by atoms with Crippen molar-refractivity contribution in [1.29, 1.82) is 0 Å². The lowest BCUT2D eigenvalue weighted by molar-refractivity contribution is 1.41. The van der Waals surface area contributed by atoms with E-state index in [1.165, 1.54) is 58.3 Å². The van der Waals surface area contributed by atoms with Crippen LogP contribution in [0.3, 0.4) is 0 Å². The second-order valence-corrected chi connectivity index (χ2v) is 10.3. The molecular weight excluding hydrogens is 450 g/mol. The average molecular weight is 470 g/mol. The highest BCUT2D eigenvalue weighted by molar-refractivity contribution is 7.23. The maximum absolute atomic E-state index is 4.74. The van der Waals surface area contributed by atoms with Gasteiger partial charge in [-0.2, -0.15) is 0 Å². The summed E-state index contributed by atoms with van der Waals surface area (Å²) in [5.41, 5.74) is 7.44. The molecule has 0 aliphatic heterocycles. The third kappa shape index (κ3) is 3.02. The van der Waals surface area contributed by atoms with Crippen molar-refractivity contribution >= 4 is 53.7 Å². The highest BCUT2D eigenvalue weighted by atomic mass is 32.1. The van der Waals surface area contributed by atoms with Gasteiger partial charge < -0.3 is 0 Å². The number of fused-ring (bicyclic) bond motifs is 3. The predicted molar refractivity (Wildman–Crippen MR) is 149 cm³/mol. The highest BCUT2D eigenvalue weighted by Crippen LogP contribution is 2.50. The SMILES string of the molecule is c1ccc(-c2c3cc(-c4cccc5cccnc45)sc3c(-c3ccccc3)c3ccsc23)cc1. The van der Waals surface area contributed by atoms with Crippen LogP contribution in [-0.4, -0.2) is 4.98 Å². The van der Waals surface area contributed by atoms with E-state index in [9.17, 15) is 0 Å². The summed E-state index contributed by atoms with van der Waals surface area (Å²) in [6.07, 6.45) is 1.89. The van der Waals surface area contributed by atoms with Gasteiger partial charge in [0.05, 0.1) is 5.52 Å². The number of pyridine rings is 1. The Morgan fingerprint density at radius 3 is 2.06 bits per heavy atom. The summed E-state index contributed by atoms with van der Waals surface area (Å²) < 4.78 is 2.68. The quantitative estimate of drug-likeness (QED) is 0.251. The van der Waals surface area contributed by atoms with Gasteiger partial charge in [-0.05, 0) is 34.7 Å². The lowest BCUT2D eigenvalue weighted by Gasteiger charge is -2.12. The lowest BCUT2D eigenvalue weighted by atomic mass is 9.93. The molecule has 0 amide bonds. The molecular formula is C31H19NS2. The number of hydrogen-bond donors (Lipinski definition) is 0. The van der Waals surface area contributed by atoms with Gasteiger partial charge in [0.2, 0.25) is 0 Å². The summed E-state index contributed by atoms with van der Waals surface area (Å²) >= 11 is 3.71. The van der Waals surface area contributed by atoms with E-state index in [4.69, 9.17) is 4.98 Å². The number of para-hydroxylation sites is 1. The molecule has 34 heavy (non-hydrogen) atoms. The van der Waals surface area contributed by atoms with Crippen LogP contribution < -0.4 is 0 Å². The number of nitrogens with zero attached hydrogens (tertiary/aromatic N) is 1. The molecule has 0 radical (unpaired) electrons. The van der Waals surface area contributed by atoms with E-state index in [1.54, 1.807) is 0 Å². The predicted octanol–water partition coefficient (Wildman–Crippen LogP) is 9.67. The van der Waals surface area contributed by atoms with Crippen molar-refractivity contribution in [2.75, 3.05) is 0 Å². The number of hydrogen-bond acceptors (Lipinski definition) is 3. The second-order valence-electron chi connectivity index (χ2n) is 8.38. The van der Waals surface area contributed by atoms with Crippen LogP contribution in [0.1, 0.15) is 0 Å². The van der Waals surface area contributed by atoms with Crippen molar-refractivity contribution in [3.8, 4) is 32.7 Å². The monoisotopic (exact) mass is 469 g/mol. The van der Waals surface area contributed by atoms with Crippen molar-refractivity contribution in [2.24, 2.45) is 0 Å². The van der Waals surface area contributed by atoms with Crippen molar-refractivity contribution in [3.05, 3.63) is 115 Å². The van der Waals surface area contributed by atoms with Crippen LogP contribution in [0.5, 0.6) is 0 Å². The fourth-order valence-electron chi connectivity index (χ4n) is 4.93. The third-order valence-corrected chi connectivity index (χ3v) is 8.53. The maximum atomic E-state index is 4.74. The Kier molecular flexibility index (Phi) is 4.57. The Balaban J connectivity index is 1.64. The van der Waals surface area contributed by atoms with Gasteiger partial charge in [-0.1, -0.05) is 84.9 Å². The average Bonchev–Trinajstić information content (AvgIpc) is 3.55. The molecule has 0 aliphatic carbocycles. The fourth-order valence-corrected chi connectivity index (χ4v) is 7.18. The van der Waals surface area contributed by atoms with E-state index in [0.29, 0.717) is 0 Å². The standard InChI is InChI=1S/C31H19NS2/c1-3-9-20(10-4-1)27-24-16-18-33-30(24)28(21-11-5-2-6-12-21)25-19-26(34-31(25)27)23-15-7-13-22-14-8-17-32-29(22)23/h1-19H. The van der Waals surface area contributed by atoms with E-state index in [-0.39, 0.29) is 0 Å². The van der Waals surface area contributed by atoms with Crippen LogP contribution in [-0.2, 0) is 0 Å². The number of rotatable bonds is 3. The highest BCUT2D eigenvalue weighted by Gasteiger charge is 2.21. The van der Waals surface area contributed by atoms with Crippen LogP contribution in [0.4, 0.5) is 0 Å². The van der Waals surface area contributed by atoms with E-state index < -0.39 is 0 Å². The Morgan fingerprint density at radius 2 is 1.29 bits per heavy atom. The van der Waals surface area contributed by atoms with Gasteiger partial charge in [0, 0.05) is 53.3 Å². The molecule has 0 N–H and O–H groups in total. The first-order valence-electron chi connectivity index (χ1n) is 11.3. The first kappa shape index (κ1) is 19.7. The molecule has 3 aromatic heterocycles. The molecule has 0 fully saturated rings. The summed E-state index contributed by atoms with van der Waals surface area (Å²) in [5, 5.41) is 6.03. The summed E-state index contributed by atoms with van der Waals surface area (Å²) in [6, 6.07) is 36.9. The van der Waals surface area contributed by atoms with Crippen molar-refractivity contribution < 1.29 is 0 Å². The Bertz CT molecular complexity index is 1700. The minimum absolute atomic E-state index is 1.06. The molecule has 0 bridgehead atoms. The Labute approximate surface area is 205 Å². The lowest BCUT2D eigenvalue weighted by Crippen LogP contribution is -1.85. The zero-order valence-electron chi connectivity index (χ0n) is 18.2. The van der Waals surface area contributed by atoms with Crippen LogP contribution in [0.2, 0.25) is 0 Å². The summed E-state index contributed by atoms with van der Waals surface area (Å²) in [5.74, 6) is 0. The summed E-state index contributed by atoms with van der Waals surface area (Å²) in [7, 11) is 0. The molecule has 0 saturated carbocycles. The molecule has 160 valence electrons. The first-order chi connectivity index (χ1) is 16.9. The van der Waals surface area contributed by atoms with Crippen LogP contribution in [0.15, 0.2) is 115 Å². The van der Waals surface area contributed by atoms with Gasteiger partial charge in [0.15, 0.2) is 0 Å². The van der Waals surface area contributed by atoms with Gasteiger partial charge >= 0.3 is 0 Å². The maximum Gasteiger partial charge on any atom is 0.0788 e. The van der Waals surface area contributed by atoms with Crippen molar-refractivity contribution in [2.45, 2.75) is 0 Å². The van der Waals surface area contributed by atoms with Gasteiger partial charge in [-0.15, -0.1) is 22.7 Å². The Hall–Kier alpha value is -3.79. The zero-order valence-corrected chi connectivity index (χ0v) is 19.9. The van der Waals surface area contributed by atoms with Crippen LogP contribution in [0, 0.1) is 0 Å². The smallest absolute Gasteiger partial charge is 0.0788 e. The molecule has 0 saturated heterocycles. The van der Waals surface area contributed by atoms with Crippen LogP contribution in [0.25, 0.3) is 63.8 Å².